The van der Waals surface area contributed by atoms with Crippen LogP contribution in [0.3, 0.4) is 0 Å². The van der Waals surface area contributed by atoms with E-state index in [1.807, 2.05) is 104 Å². The van der Waals surface area contributed by atoms with Crippen molar-refractivity contribution in [2.45, 2.75) is 364 Å². The molecule has 24 nitrogen and oxygen atoms in total. The Labute approximate surface area is 744 Å². The highest BCUT2D eigenvalue weighted by molar-refractivity contribution is 5.96. The Morgan fingerprint density at radius 3 is 0.548 bits per heavy atom. The summed E-state index contributed by atoms with van der Waals surface area (Å²) in [6, 6.07) is 8.36. The highest BCUT2D eigenvalue weighted by Crippen LogP contribution is 2.44. The first-order valence-corrected chi connectivity index (χ1v) is 47.7. The van der Waals surface area contributed by atoms with E-state index in [-0.39, 0.29) is 49.4 Å². The molecule has 8 atom stereocenters. The number of hydrogen-bond acceptors (Lipinski definition) is 16. The number of esters is 4. The maximum atomic E-state index is 14.9. The molecule has 0 spiro atoms. The topological polar surface area (TPSA) is 307 Å². The van der Waals surface area contributed by atoms with Gasteiger partial charge in [0.05, 0.1) is 54.9 Å². The summed E-state index contributed by atoms with van der Waals surface area (Å²) in [7, 11) is 5.19. The fourth-order valence-corrected chi connectivity index (χ4v) is 16.0. The number of carbonyl (C=O) groups excluding carboxylic acids is 8. The van der Waals surface area contributed by atoms with Crippen LogP contribution in [-0.4, -0.2) is 127 Å². The molecule has 0 saturated carbocycles. The fourth-order valence-electron chi connectivity index (χ4n) is 16.0. The third kappa shape index (κ3) is 37.3. The number of benzene rings is 4. The van der Waals surface area contributed by atoms with Gasteiger partial charge in [0.1, 0.15) is 47.2 Å². The molecule has 696 valence electrons. The van der Waals surface area contributed by atoms with Crippen molar-refractivity contribution in [3.05, 3.63) is 93.0 Å². The van der Waals surface area contributed by atoms with Crippen LogP contribution in [0.15, 0.2) is 48.5 Å². The normalized spacial score (nSPS) is 13.7. The van der Waals surface area contributed by atoms with E-state index in [1.54, 1.807) is 0 Å². The number of nitrogens with one attached hydrogen (secondary N) is 8. The molecule has 0 fully saturated rings. The minimum atomic E-state index is -1.01. The van der Waals surface area contributed by atoms with E-state index in [0.29, 0.717) is 168 Å². The second-order valence-corrected chi connectivity index (χ2v) is 34.4. The van der Waals surface area contributed by atoms with Gasteiger partial charge in [-0.25, -0.2) is 38.4 Å². The van der Waals surface area contributed by atoms with Gasteiger partial charge < -0.3 is 80.4 Å². The molecule has 1 aliphatic rings. The van der Waals surface area contributed by atoms with E-state index in [2.05, 4.69) is 70.2 Å². The molecular formula is C100H160N8O16. The average Bonchev–Trinajstić information content (AvgIpc) is 0.769. The molecule has 8 amide bonds. The minimum Gasteiger partial charge on any atom is -0.493 e. The van der Waals surface area contributed by atoms with Crippen LogP contribution in [-0.2, 0) is 63.8 Å². The molecule has 8 unspecified atom stereocenters. The summed E-state index contributed by atoms with van der Waals surface area (Å²) in [4.78, 5) is 114. The van der Waals surface area contributed by atoms with E-state index in [1.165, 1.54) is 79.8 Å². The Kier molecular flexibility index (Phi) is 51.6. The van der Waals surface area contributed by atoms with Gasteiger partial charge in [-0.05, 0) is 97.9 Å². The summed E-state index contributed by atoms with van der Waals surface area (Å²) in [5, 5.41) is 24.4. The van der Waals surface area contributed by atoms with E-state index < -0.39 is 72.2 Å². The van der Waals surface area contributed by atoms with Gasteiger partial charge in [-0.15, -0.1) is 0 Å². The zero-order chi connectivity index (χ0) is 90.6. The Bertz CT molecular complexity index is 3270. The first kappa shape index (κ1) is 106. The van der Waals surface area contributed by atoms with Crippen molar-refractivity contribution in [1.29, 1.82) is 0 Å². The quantitative estimate of drug-likeness (QED) is 0.0102. The zero-order valence-corrected chi connectivity index (χ0v) is 78.9. The molecule has 24 heteroatoms. The molecule has 8 N–H and O–H groups in total. The zero-order valence-electron chi connectivity index (χ0n) is 78.9. The third-order valence-corrected chi connectivity index (χ3v) is 24.3. The molecule has 0 radical (unpaired) electrons. The summed E-state index contributed by atoms with van der Waals surface area (Å²) in [5.41, 5.74) is 6.30. The highest BCUT2D eigenvalue weighted by atomic mass is 16.5. The molecule has 0 saturated heterocycles. The van der Waals surface area contributed by atoms with Crippen molar-refractivity contribution < 1.29 is 76.3 Å². The van der Waals surface area contributed by atoms with Crippen LogP contribution in [0, 0.1) is 23.7 Å². The monoisotopic (exact) mass is 1730 g/mol. The molecule has 1 aliphatic carbocycles. The smallest absolute Gasteiger partial charge is 0.328 e. The third-order valence-electron chi connectivity index (χ3n) is 24.3. The lowest BCUT2D eigenvalue weighted by molar-refractivity contribution is -0.145. The van der Waals surface area contributed by atoms with Crippen molar-refractivity contribution in [1.82, 2.24) is 21.3 Å². The van der Waals surface area contributed by atoms with Crippen molar-refractivity contribution in [3.8, 4) is 23.0 Å². The predicted octanol–water partition coefficient (Wildman–Crippen LogP) is 23.3. The highest BCUT2D eigenvalue weighted by Gasteiger charge is 2.33. The molecule has 0 heterocycles. The summed E-state index contributed by atoms with van der Waals surface area (Å²) >= 11 is 0. The lowest BCUT2D eigenvalue weighted by atomic mass is 9.90. The maximum absolute atomic E-state index is 14.9. The summed E-state index contributed by atoms with van der Waals surface area (Å²) in [5.74, 6) is -1.60. The molecule has 4 aromatic rings. The fraction of sp³-hybridized carbons (Fsp3) is 0.680. The van der Waals surface area contributed by atoms with E-state index in [9.17, 15) is 38.4 Å². The number of amides is 8. The number of rotatable bonds is 60. The molecule has 5 rings (SSSR count). The van der Waals surface area contributed by atoms with Crippen LogP contribution in [0.2, 0.25) is 0 Å². The van der Waals surface area contributed by atoms with Gasteiger partial charge in [0, 0.05) is 92.9 Å². The van der Waals surface area contributed by atoms with Crippen LogP contribution in [0.1, 0.15) is 359 Å². The first-order valence-electron chi connectivity index (χ1n) is 47.7. The number of ether oxygens (including phenoxy) is 8. The number of hydrogen-bond donors (Lipinski definition) is 8. The van der Waals surface area contributed by atoms with E-state index in [0.717, 1.165) is 128 Å². The summed E-state index contributed by atoms with van der Waals surface area (Å²) in [6.07, 6.45) is 36.0. The largest absolute Gasteiger partial charge is 0.493 e. The first-order chi connectivity index (χ1) is 60.0. The van der Waals surface area contributed by atoms with E-state index >= 15 is 0 Å². The number of methoxy groups -OCH3 is 4. The van der Waals surface area contributed by atoms with Gasteiger partial charge in [-0.3, -0.25) is 0 Å². The Morgan fingerprint density at radius 1 is 0.250 bits per heavy atom. The van der Waals surface area contributed by atoms with Gasteiger partial charge >= 0.3 is 48.0 Å². The Hall–Kier alpha value is -8.96. The van der Waals surface area contributed by atoms with Gasteiger partial charge in [0.25, 0.3) is 0 Å². The van der Waals surface area contributed by atoms with Crippen molar-refractivity contribution in [2.75, 3.05) is 76.1 Å². The van der Waals surface area contributed by atoms with Gasteiger partial charge in [-0.2, -0.15) is 0 Å². The second kappa shape index (κ2) is 60.6. The molecular weight excluding hydrogens is 1570 g/mol. The molecule has 8 bridgehead atoms. The second-order valence-electron chi connectivity index (χ2n) is 34.4. The van der Waals surface area contributed by atoms with Gasteiger partial charge in [-0.1, -0.05) is 289 Å². The van der Waals surface area contributed by atoms with Crippen molar-refractivity contribution >= 4 is 70.8 Å². The molecule has 0 aromatic heterocycles. The molecule has 0 aliphatic heterocycles. The molecule has 124 heavy (non-hydrogen) atoms. The number of urea groups is 4. The number of unbranched alkanes of at least 4 members (excludes halogenated alkanes) is 28. The Morgan fingerprint density at radius 2 is 0.403 bits per heavy atom. The number of anilines is 4. The Balaban J connectivity index is 2.09. The van der Waals surface area contributed by atoms with Crippen LogP contribution in [0.4, 0.5) is 41.9 Å². The van der Waals surface area contributed by atoms with E-state index in [4.69, 9.17) is 37.9 Å². The summed E-state index contributed by atoms with van der Waals surface area (Å²) in [6.45, 7) is 25.4. The maximum Gasteiger partial charge on any atom is 0.328 e. The minimum absolute atomic E-state index is 0.0574. The SMILES string of the molecule is CCCCCCCCCCOc1c2cc(NC(=O)NC(C(=O)OC)C(C)CC)cc1Cc1cc(NC(=O)NC(C(=O)OC)C(C)CC)cc(c1OCCCCCCCCCC)Cc1cc(NC(=O)NC(C(=O)OC)C(C)CC)cc(c1OCCCCCCCCCC)Cc1cc(NC(=O)NC(C(=O)OC)C(C)CC)cc(c1OCCCCCCCCCC)C2. The predicted molar refractivity (Wildman–Crippen MR) is 499 cm³/mol. The van der Waals surface area contributed by atoms with Crippen LogP contribution >= 0.6 is 0 Å². The average molecular weight is 1730 g/mol. The van der Waals surface area contributed by atoms with Crippen molar-refractivity contribution in [3.63, 3.8) is 0 Å². The van der Waals surface area contributed by atoms with Gasteiger partial charge in [0.2, 0.25) is 0 Å². The van der Waals surface area contributed by atoms with Crippen LogP contribution in [0.25, 0.3) is 0 Å². The lowest BCUT2D eigenvalue weighted by Crippen LogP contribution is -2.47. The van der Waals surface area contributed by atoms with Crippen LogP contribution in [0.5, 0.6) is 23.0 Å². The van der Waals surface area contributed by atoms with Crippen LogP contribution < -0.4 is 61.5 Å². The van der Waals surface area contributed by atoms with Gasteiger partial charge in [0.15, 0.2) is 0 Å². The number of fused-ring (bicyclic) bond motifs is 8. The summed E-state index contributed by atoms with van der Waals surface area (Å²) < 4.78 is 50.6. The van der Waals surface area contributed by atoms with Crippen molar-refractivity contribution in [2.24, 2.45) is 23.7 Å². The lowest BCUT2D eigenvalue weighted by Gasteiger charge is -2.26. The molecule has 4 aromatic carbocycles. The standard InChI is InChI=1S/C100H160N8O16/c1-17-25-29-33-37-41-45-49-53-121-89-73-57-75-63-82(102-98(114)106-86(70(10)22-6)94(110)118-14)65-77(90(75)122-54-50-46-42-38-34-30-26-18-2)59-79-67-84(104-100(116)108-88(72(12)24-8)96(112)120-16)68-80(92(79)124-56-52-48-44-40-36-32-28-20-4)60-78-66-83(103-99(115)107-87(71(11)23-7)95(111)119-15)64-76(91(78)123-55-51-47-43-39-35-31-27-19-3)58-74(89)62-81(61-73)101-97(113)105-85(69(9)21-5)93(109)117-13/h61-72,85-88H,17-60H2,1-16H3,(H2,101,105,113)(H2,102,106,114)(H2,103,107,115)(H2,104,108,116). The number of carbonyl (C=O) groups is 8.